The molecule has 0 unspecified atom stereocenters. The third kappa shape index (κ3) is 3.16. The zero-order chi connectivity index (χ0) is 13.1. The summed E-state index contributed by atoms with van der Waals surface area (Å²) in [4.78, 5) is 5.52. The molecule has 0 fully saturated rings. The Balaban J connectivity index is 2.45. The van der Waals surface area contributed by atoms with E-state index in [0.29, 0.717) is 21.7 Å². The number of aromatic nitrogens is 1. The number of benzene rings is 1. The molecule has 18 heavy (non-hydrogen) atoms. The highest BCUT2D eigenvalue weighted by molar-refractivity contribution is 7.07. The molecule has 0 aliphatic rings. The Labute approximate surface area is 121 Å². The van der Waals surface area contributed by atoms with Crippen LogP contribution in [0.2, 0.25) is 10.0 Å². The standard InChI is InChI=1S/C13H14Cl2N2S/c1-9(2)8-17-6-7-18-13(17)16-11-5-3-4-10(14)12(11)15/h3-7,9H,8H2,1-2H3. The monoisotopic (exact) mass is 300 g/mol. The lowest BCUT2D eigenvalue weighted by Crippen LogP contribution is -2.16. The van der Waals surface area contributed by atoms with Crippen LogP contribution in [0, 0.1) is 5.92 Å². The third-order valence-electron chi connectivity index (χ3n) is 2.37. The quantitative estimate of drug-likeness (QED) is 0.779. The maximum absolute atomic E-state index is 6.14. The second-order valence-corrected chi connectivity index (χ2v) is 6.07. The van der Waals surface area contributed by atoms with Crippen LogP contribution in [0.5, 0.6) is 0 Å². The number of rotatable bonds is 3. The third-order valence-corrected chi connectivity index (χ3v) is 3.97. The van der Waals surface area contributed by atoms with Gasteiger partial charge in [0.25, 0.3) is 0 Å². The van der Waals surface area contributed by atoms with Gasteiger partial charge < -0.3 is 4.57 Å². The van der Waals surface area contributed by atoms with Crippen LogP contribution in [-0.4, -0.2) is 4.57 Å². The SMILES string of the molecule is CC(C)Cn1ccsc1=Nc1cccc(Cl)c1Cl. The molecule has 0 saturated heterocycles. The summed E-state index contributed by atoms with van der Waals surface area (Å²) in [5, 5.41) is 3.06. The summed E-state index contributed by atoms with van der Waals surface area (Å²) in [5.74, 6) is 0.577. The van der Waals surface area contributed by atoms with Crippen LogP contribution in [0.1, 0.15) is 13.8 Å². The van der Waals surface area contributed by atoms with Gasteiger partial charge in [-0.05, 0) is 18.1 Å². The zero-order valence-corrected chi connectivity index (χ0v) is 12.6. The molecule has 0 radical (unpaired) electrons. The number of thiazole rings is 1. The maximum atomic E-state index is 6.14. The van der Waals surface area contributed by atoms with Crippen LogP contribution in [0.25, 0.3) is 0 Å². The molecule has 0 aliphatic heterocycles. The van der Waals surface area contributed by atoms with E-state index in [0.717, 1.165) is 11.3 Å². The van der Waals surface area contributed by atoms with Gasteiger partial charge in [0, 0.05) is 18.1 Å². The maximum Gasteiger partial charge on any atom is 0.189 e. The summed E-state index contributed by atoms with van der Waals surface area (Å²) >= 11 is 13.7. The van der Waals surface area contributed by atoms with Gasteiger partial charge in [-0.25, -0.2) is 4.99 Å². The van der Waals surface area contributed by atoms with Crippen molar-refractivity contribution in [3.63, 3.8) is 0 Å². The highest BCUT2D eigenvalue weighted by Gasteiger charge is 2.04. The molecule has 2 rings (SSSR count). The van der Waals surface area contributed by atoms with E-state index < -0.39 is 0 Å². The van der Waals surface area contributed by atoms with E-state index in [4.69, 9.17) is 23.2 Å². The summed E-state index contributed by atoms with van der Waals surface area (Å²) < 4.78 is 2.13. The molecule has 5 heteroatoms. The molecule has 2 aromatic rings. The summed E-state index contributed by atoms with van der Waals surface area (Å²) in [6.07, 6.45) is 2.04. The Kier molecular flexibility index (Phi) is 4.49. The lowest BCUT2D eigenvalue weighted by molar-refractivity contribution is 0.514. The lowest BCUT2D eigenvalue weighted by atomic mass is 10.2. The van der Waals surface area contributed by atoms with Crippen LogP contribution < -0.4 is 4.80 Å². The molecule has 0 atom stereocenters. The molecule has 0 bridgehead atoms. The van der Waals surface area contributed by atoms with Crippen molar-refractivity contribution in [3.8, 4) is 0 Å². The van der Waals surface area contributed by atoms with Crippen LogP contribution in [-0.2, 0) is 6.54 Å². The molecule has 0 amide bonds. The Morgan fingerprint density at radius 2 is 2.11 bits per heavy atom. The first-order valence-corrected chi connectivity index (χ1v) is 7.34. The highest BCUT2D eigenvalue weighted by Crippen LogP contribution is 2.31. The molecule has 0 aliphatic carbocycles. The van der Waals surface area contributed by atoms with Gasteiger partial charge >= 0.3 is 0 Å². The summed E-state index contributed by atoms with van der Waals surface area (Å²) in [5.41, 5.74) is 0.712. The number of hydrogen-bond acceptors (Lipinski definition) is 2. The number of hydrogen-bond donors (Lipinski definition) is 0. The van der Waals surface area contributed by atoms with Crippen molar-refractivity contribution < 1.29 is 0 Å². The van der Waals surface area contributed by atoms with Gasteiger partial charge in [-0.1, -0.05) is 43.1 Å². The number of halogens is 2. The lowest BCUT2D eigenvalue weighted by Gasteiger charge is -2.06. The normalized spacial score (nSPS) is 12.4. The molecule has 96 valence electrons. The van der Waals surface area contributed by atoms with Crippen molar-refractivity contribution in [1.82, 2.24) is 4.57 Å². The highest BCUT2D eigenvalue weighted by atomic mass is 35.5. The van der Waals surface area contributed by atoms with Crippen molar-refractivity contribution in [1.29, 1.82) is 0 Å². The van der Waals surface area contributed by atoms with Crippen molar-refractivity contribution in [3.05, 3.63) is 44.6 Å². The van der Waals surface area contributed by atoms with Crippen molar-refractivity contribution in [2.45, 2.75) is 20.4 Å². The molecule has 0 N–H and O–H groups in total. The van der Waals surface area contributed by atoms with E-state index in [1.165, 1.54) is 0 Å². The van der Waals surface area contributed by atoms with Crippen LogP contribution in [0.3, 0.4) is 0 Å². The topological polar surface area (TPSA) is 17.3 Å². The fraction of sp³-hybridized carbons (Fsp3) is 0.308. The molecule has 1 heterocycles. The predicted molar refractivity (Wildman–Crippen MR) is 78.8 cm³/mol. The van der Waals surface area contributed by atoms with Gasteiger partial charge in [0.1, 0.15) is 0 Å². The Morgan fingerprint density at radius 3 is 2.83 bits per heavy atom. The first-order chi connectivity index (χ1) is 8.58. The minimum Gasteiger partial charge on any atom is -0.323 e. The molecular formula is C13H14Cl2N2S. The molecule has 0 saturated carbocycles. The molecule has 2 nitrogen and oxygen atoms in total. The summed E-state index contributed by atoms with van der Waals surface area (Å²) in [7, 11) is 0. The molecule has 1 aromatic heterocycles. The number of nitrogens with zero attached hydrogens (tertiary/aromatic N) is 2. The summed E-state index contributed by atoms with van der Waals surface area (Å²) in [6.45, 7) is 5.31. The first kappa shape index (κ1) is 13.7. The Bertz CT molecular complexity index is 599. The fourth-order valence-electron chi connectivity index (χ4n) is 1.60. The first-order valence-electron chi connectivity index (χ1n) is 5.70. The zero-order valence-electron chi connectivity index (χ0n) is 10.2. The second kappa shape index (κ2) is 5.91. The van der Waals surface area contributed by atoms with Gasteiger partial charge in [0.2, 0.25) is 0 Å². The van der Waals surface area contributed by atoms with E-state index in [9.17, 15) is 0 Å². The van der Waals surface area contributed by atoms with Gasteiger partial charge in [0.05, 0.1) is 15.7 Å². The minimum absolute atomic E-state index is 0.503. The van der Waals surface area contributed by atoms with E-state index in [-0.39, 0.29) is 0 Å². The largest absolute Gasteiger partial charge is 0.323 e. The Hall–Kier alpha value is -0.770. The fourth-order valence-corrected chi connectivity index (χ4v) is 2.69. The van der Waals surface area contributed by atoms with E-state index in [1.54, 1.807) is 17.4 Å². The molecule has 0 spiro atoms. The smallest absolute Gasteiger partial charge is 0.189 e. The second-order valence-electron chi connectivity index (χ2n) is 4.42. The molecular weight excluding hydrogens is 287 g/mol. The predicted octanol–water partition coefficient (Wildman–Crippen LogP) is 4.74. The minimum atomic E-state index is 0.503. The molecule has 1 aromatic carbocycles. The van der Waals surface area contributed by atoms with E-state index in [1.807, 2.05) is 23.7 Å². The Morgan fingerprint density at radius 1 is 1.33 bits per heavy atom. The van der Waals surface area contributed by atoms with Gasteiger partial charge in [-0.15, -0.1) is 11.3 Å². The average Bonchev–Trinajstić information content (AvgIpc) is 2.72. The van der Waals surface area contributed by atoms with Gasteiger partial charge in [-0.2, -0.15) is 0 Å². The van der Waals surface area contributed by atoms with Crippen LogP contribution in [0.4, 0.5) is 5.69 Å². The van der Waals surface area contributed by atoms with Gasteiger partial charge in [0.15, 0.2) is 4.80 Å². The van der Waals surface area contributed by atoms with Crippen molar-refractivity contribution >= 4 is 40.2 Å². The van der Waals surface area contributed by atoms with Crippen LogP contribution >= 0.6 is 34.5 Å². The van der Waals surface area contributed by atoms with Crippen LogP contribution in [0.15, 0.2) is 34.8 Å². The van der Waals surface area contributed by atoms with E-state index >= 15 is 0 Å². The van der Waals surface area contributed by atoms with Gasteiger partial charge in [-0.3, -0.25) is 0 Å². The van der Waals surface area contributed by atoms with E-state index in [2.05, 4.69) is 23.4 Å². The summed E-state index contributed by atoms with van der Waals surface area (Å²) in [6, 6.07) is 5.49. The average molecular weight is 301 g/mol. The van der Waals surface area contributed by atoms with Crippen molar-refractivity contribution in [2.24, 2.45) is 10.9 Å². The van der Waals surface area contributed by atoms with Crippen molar-refractivity contribution in [2.75, 3.05) is 0 Å².